The van der Waals surface area contributed by atoms with E-state index in [1.165, 1.54) is 0 Å². The Balaban J connectivity index is 2.34. The molecule has 160 valence electrons. The number of benzene rings is 2. The third-order valence-electron chi connectivity index (χ3n) is 4.69. The molecule has 0 saturated carbocycles. The highest BCUT2D eigenvalue weighted by Gasteiger charge is 2.13. The summed E-state index contributed by atoms with van der Waals surface area (Å²) in [6.45, 7) is 8.43. The van der Waals surface area contributed by atoms with Crippen molar-refractivity contribution in [3.8, 4) is 11.5 Å². The zero-order valence-corrected chi connectivity index (χ0v) is 17.9. The summed E-state index contributed by atoms with van der Waals surface area (Å²) in [6, 6.07) is 15.0. The number of rotatable bonds is 10. The molecule has 1 amide bonds. The average molecular weight is 411 g/mol. The van der Waals surface area contributed by atoms with E-state index in [2.05, 4.69) is 0 Å². The van der Waals surface area contributed by atoms with E-state index in [0.29, 0.717) is 24.6 Å². The zero-order valence-electron chi connectivity index (χ0n) is 17.9. The quantitative estimate of drug-likeness (QED) is 0.580. The molecule has 6 nitrogen and oxygen atoms in total. The number of carboxylic acid groups (broad SMARTS) is 1. The number of hydrogen-bond donors (Lipinski definition) is 1. The molecule has 1 unspecified atom stereocenters. The van der Waals surface area contributed by atoms with Crippen LogP contribution >= 0.6 is 0 Å². The lowest BCUT2D eigenvalue weighted by Gasteiger charge is -2.18. The molecule has 0 saturated heterocycles. The smallest absolute Gasteiger partial charge is 0.341 e. The lowest BCUT2D eigenvalue weighted by atomic mass is 10.1. The number of aliphatic carboxylic acids is 1. The molecule has 2 aromatic rings. The maximum absolute atomic E-state index is 12.4. The molecule has 0 radical (unpaired) electrons. The molecule has 0 aromatic heterocycles. The Hall–Kier alpha value is -3.28. The van der Waals surface area contributed by atoms with Crippen LogP contribution in [0.2, 0.25) is 0 Å². The van der Waals surface area contributed by atoms with Crippen LogP contribution in [-0.4, -0.2) is 41.6 Å². The molecule has 0 spiro atoms. The van der Waals surface area contributed by atoms with E-state index in [-0.39, 0.29) is 12.0 Å². The monoisotopic (exact) mass is 411 g/mol. The van der Waals surface area contributed by atoms with Crippen LogP contribution in [0, 0.1) is 0 Å². The molecule has 2 rings (SSSR count). The average Bonchev–Trinajstić information content (AvgIpc) is 2.73. The molecular formula is C24H29NO5. The normalized spacial score (nSPS) is 12.2. The van der Waals surface area contributed by atoms with Gasteiger partial charge < -0.3 is 19.5 Å². The summed E-state index contributed by atoms with van der Waals surface area (Å²) in [5, 5.41) is 8.93. The summed E-state index contributed by atoms with van der Waals surface area (Å²) in [6.07, 6.45) is 1.36. The molecule has 6 heteroatoms. The van der Waals surface area contributed by atoms with E-state index in [1.807, 2.05) is 64.1 Å². The molecule has 0 aliphatic rings. The van der Waals surface area contributed by atoms with Gasteiger partial charge >= 0.3 is 5.97 Å². The van der Waals surface area contributed by atoms with Gasteiger partial charge in [-0.25, -0.2) is 4.79 Å². The van der Waals surface area contributed by atoms with Gasteiger partial charge in [0, 0.05) is 25.2 Å². The topological polar surface area (TPSA) is 76.1 Å². The predicted molar refractivity (Wildman–Crippen MR) is 117 cm³/mol. The van der Waals surface area contributed by atoms with Crippen LogP contribution < -0.4 is 9.47 Å². The van der Waals surface area contributed by atoms with Gasteiger partial charge in [-0.2, -0.15) is 0 Å². The van der Waals surface area contributed by atoms with Crippen molar-refractivity contribution in [2.24, 2.45) is 0 Å². The molecule has 1 N–H and O–H groups in total. The third-order valence-corrected chi connectivity index (χ3v) is 4.69. The number of amides is 1. The minimum atomic E-state index is -1.07. The highest BCUT2D eigenvalue weighted by atomic mass is 16.5. The van der Waals surface area contributed by atoms with Crippen molar-refractivity contribution in [1.82, 2.24) is 4.90 Å². The Bertz CT molecular complexity index is 888. The van der Waals surface area contributed by atoms with Crippen molar-refractivity contribution in [2.45, 2.75) is 33.8 Å². The van der Waals surface area contributed by atoms with E-state index in [1.54, 1.807) is 23.1 Å². The molecule has 30 heavy (non-hydrogen) atoms. The van der Waals surface area contributed by atoms with Crippen LogP contribution in [0.1, 0.15) is 44.9 Å². The van der Waals surface area contributed by atoms with Crippen LogP contribution in [0.5, 0.6) is 11.5 Å². The SMILES string of the molecule is CCN(CC)C(=O)/C=C(/C)c1cc(OCC(=O)O)cc(OC(C)c2ccccc2)c1. The fraction of sp³-hybridized carbons (Fsp3) is 0.333. The molecule has 2 aromatic carbocycles. The number of nitrogens with zero attached hydrogens (tertiary/aromatic N) is 1. The maximum atomic E-state index is 12.4. The molecule has 0 heterocycles. The van der Waals surface area contributed by atoms with Gasteiger partial charge in [-0.15, -0.1) is 0 Å². The van der Waals surface area contributed by atoms with E-state index < -0.39 is 12.6 Å². The van der Waals surface area contributed by atoms with E-state index >= 15 is 0 Å². The number of ether oxygens (including phenoxy) is 2. The second-order valence-electron chi connectivity index (χ2n) is 6.88. The summed E-state index contributed by atoms with van der Waals surface area (Å²) in [4.78, 5) is 25.1. The number of likely N-dealkylation sites (N-methyl/N-ethyl adjacent to an activating group) is 1. The third kappa shape index (κ3) is 6.65. The van der Waals surface area contributed by atoms with Gasteiger partial charge in [-0.1, -0.05) is 30.3 Å². The van der Waals surface area contributed by atoms with Crippen LogP contribution in [0.25, 0.3) is 5.57 Å². The Morgan fingerprint density at radius 3 is 2.30 bits per heavy atom. The number of allylic oxidation sites excluding steroid dienone is 1. The van der Waals surface area contributed by atoms with E-state index in [4.69, 9.17) is 14.6 Å². The minimum absolute atomic E-state index is 0.0746. The van der Waals surface area contributed by atoms with Crippen molar-refractivity contribution in [3.05, 3.63) is 65.7 Å². The van der Waals surface area contributed by atoms with Crippen molar-refractivity contribution >= 4 is 17.4 Å². The second-order valence-corrected chi connectivity index (χ2v) is 6.88. The van der Waals surface area contributed by atoms with E-state index in [0.717, 1.165) is 16.7 Å². The Morgan fingerprint density at radius 2 is 1.70 bits per heavy atom. The largest absolute Gasteiger partial charge is 0.486 e. The lowest BCUT2D eigenvalue weighted by molar-refractivity contribution is -0.139. The van der Waals surface area contributed by atoms with Gasteiger partial charge in [0.1, 0.15) is 17.6 Å². The summed E-state index contributed by atoms with van der Waals surface area (Å²) >= 11 is 0. The summed E-state index contributed by atoms with van der Waals surface area (Å²) in [5.74, 6) is -0.237. The molecule has 0 bridgehead atoms. The van der Waals surface area contributed by atoms with Crippen LogP contribution in [0.3, 0.4) is 0 Å². The zero-order chi connectivity index (χ0) is 22.1. The predicted octanol–water partition coefficient (Wildman–Crippen LogP) is 4.56. The first-order valence-electron chi connectivity index (χ1n) is 10.0. The maximum Gasteiger partial charge on any atom is 0.341 e. The molecule has 0 aliphatic heterocycles. The lowest BCUT2D eigenvalue weighted by Crippen LogP contribution is -2.28. The van der Waals surface area contributed by atoms with Crippen LogP contribution in [-0.2, 0) is 9.59 Å². The number of carbonyl (C=O) groups excluding carboxylic acids is 1. The van der Waals surface area contributed by atoms with Gasteiger partial charge in [-0.05, 0) is 56.5 Å². The molecular weight excluding hydrogens is 382 g/mol. The second kappa shape index (κ2) is 11.0. The van der Waals surface area contributed by atoms with Gasteiger partial charge in [0.15, 0.2) is 6.61 Å². The summed E-state index contributed by atoms with van der Waals surface area (Å²) < 4.78 is 11.5. The fourth-order valence-corrected chi connectivity index (χ4v) is 2.99. The van der Waals surface area contributed by atoms with Crippen molar-refractivity contribution < 1.29 is 24.2 Å². The number of carbonyl (C=O) groups is 2. The first-order valence-corrected chi connectivity index (χ1v) is 10.0. The Morgan fingerprint density at radius 1 is 1.07 bits per heavy atom. The van der Waals surface area contributed by atoms with E-state index in [9.17, 15) is 9.59 Å². The number of carboxylic acids is 1. The fourth-order valence-electron chi connectivity index (χ4n) is 2.99. The van der Waals surface area contributed by atoms with Crippen LogP contribution in [0.4, 0.5) is 0 Å². The molecule has 1 atom stereocenters. The van der Waals surface area contributed by atoms with Crippen LogP contribution in [0.15, 0.2) is 54.6 Å². The first-order chi connectivity index (χ1) is 14.3. The summed E-state index contributed by atoms with van der Waals surface area (Å²) in [7, 11) is 0. The highest BCUT2D eigenvalue weighted by Crippen LogP contribution is 2.30. The minimum Gasteiger partial charge on any atom is -0.486 e. The van der Waals surface area contributed by atoms with Gasteiger partial charge in [0.05, 0.1) is 0 Å². The van der Waals surface area contributed by atoms with Crippen molar-refractivity contribution in [1.29, 1.82) is 0 Å². The Labute approximate surface area is 177 Å². The Kier molecular flexibility index (Phi) is 8.47. The van der Waals surface area contributed by atoms with Gasteiger partial charge in [0.25, 0.3) is 0 Å². The van der Waals surface area contributed by atoms with Crippen molar-refractivity contribution in [3.63, 3.8) is 0 Å². The standard InChI is InChI=1S/C24H29NO5/c1-5-25(6-2)23(26)12-17(3)20-13-21(29-16-24(27)28)15-22(14-20)30-18(4)19-10-8-7-9-11-19/h7-15,18H,5-6,16H2,1-4H3,(H,27,28)/b17-12-. The molecule has 0 fully saturated rings. The molecule has 0 aliphatic carbocycles. The van der Waals surface area contributed by atoms with Gasteiger partial charge in [-0.3, -0.25) is 4.79 Å². The number of hydrogen-bond acceptors (Lipinski definition) is 4. The first kappa shape index (κ1) is 23.0. The van der Waals surface area contributed by atoms with Gasteiger partial charge in [0.2, 0.25) is 5.91 Å². The van der Waals surface area contributed by atoms with Crippen molar-refractivity contribution in [2.75, 3.05) is 19.7 Å². The summed E-state index contributed by atoms with van der Waals surface area (Å²) in [5.41, 5.74) is 2.48. The highest BCUT2D eigenvalue weighted by molar-refractivity contribution is 5.95.